The van der Waals surface area contributed by atoms with Crippen molar-refractivity contribution in [2.24, 2.45) is 16.3 Å². The Morgan fingerprint density at radius 1 is 1.30 bits per heavy atom. The summed E-state index contributed by atoms with van der Waals surface area (Å²) in [5, 5.41) is 7.09. The topological polar surface area (TPSA) is 48.9 Å². The van der Waals surface area contributed by atoms with E-state index in [4.69, 9.17) is 4.74 Å². The largest absolute Gasteiger partial charge is 0.377 e. The van der Waals surface area contributed by atoms with Gasteiger partial charge < -0.3 is 20.3 Å². The van der Waals surface area contributed by atoms with Crippen molar-refractivity contribution >= 4 is 29.9 Å². The Hall–Kier alpha value is -0.0800. The molecule has 1 aliphatic carbocycles. The quantitative estimate of drug-likeness (QED) is 0.364. The van der Waals surface area contributed by atoms with Crippen molar-refractivity contribution in [2.45, 2.75) is 52.7 Å². The van der Waals surface area contributed by atoms with Crippen LogP contribution in [0.3, 0.4) is 0 Å². The highest BCUT2D eigenvalue weighted by Crippen LogP contribution is 2.51. The molecule has 2 rings (SSSR count). The molecule has 6 heteroatoms. The van der Waals surface area contributed by atoms with Gasteiger partial charge in [0.1, 0.15) is 0 Å². The lowest BCUT2D eigenvalue weighted by molar-refractivity contribution is -0.106. The molecule has 1 saturated carbocycles. The predicted octanol–water partition coefficient (Wildman–Crippen LogP) is 2.31. The zero-order valence-corrected chi connectivity index (χ0v) is 17.7. The van der Waals surface area contributed by atoms with Crippen LogP contribution in [0.5, 0.6) is 0 Å². The number of likely N-dealkylation sites (N-methyl/N-ethyl adjacent to an activating group) is 1. The zero-order valence-electron chi connectivity index (χ0n) is 15.4. The lowest BCUT2D eigenvalue weighted by atomic mass is 9.57. The van der Waals surface area contributed by atoms with Crippen molar-refractivity contribution in [3.8, 4) is 0 Å². The SMILES string of the molecule is CCCN(CC)CCNC(=NC)NC1C2CCOC2C1(C)C.I. The summed E-state index contributed by atoms with van der Waals surface area (Å²) >= 11 is 0. The average Bonchev–Trinajstić information content (AvgIpc) is 2.96. The van der Waals surface area contributed by atoms with Gasteiger partial charge in [0.15, 0.2) is 5.96 Å². The van der Waals surface area contributed by atoms with Crippen LogP contribution in [0.4, 0.5) is 0 Å². The van der Waals surface area contributed by atoms with Crippen LogP contribution in [0.25, 0.3) is 0 Å². The predicted molar refractivity (Wildman–Crippen MR) is 108 cm³/mol. The number of nitrogens with one attached hydrogen (secondary N) is 2. The highest BCUT2D eigenvalue weighted by molar-refractivity contribution is 14.0. The highest BCUT2D eigenvalue weighted by atomic mass is 127. The summed E-state index contributed by atoms with van der Waals surface area (Å²) in [5.74, 6) is 1.57. The summed E-state index contributed by atoms with van der Waals surface area (Å²) in [7, 11) is 1.85. The van der Waals surface area contributed by atoms with E-state index in [0.29, 0.717) is 18.1 Å². The molecule has 0 spiro atoms. The van der Waals surface area contributed by atoms with E-state index in [0.717, 1.165) is 32.2 Å². The van der Waals surface area contributed by atoms with Crippen LogP contribution in [-0.2, 0) is 4.74 Å². The molecule has 0 amide bonds. The van der Waals surface area contributed by atoms with Crippen molar-refractivity contribution in [2.75, 3.05) is 39.8 Å². The maximum absolute atomic E-state index is 5.86. The third-order valence-electron chi connectivity index (χ3n) is 5.32. The van der Waals surface area contributed by atoms with Gasteiger partial charge in [-0.25, -0.2) is 0 Å². The number of hydrogen-bond donors (Lipinski definition) is 2. The fraction of sp³-hybridized carbons (Fsp3) is 0.941. The Kier molecular flexibility index (Phi) is 8.58. The van der Waals surface area contributed by atoms with E-state index in [-0.39, 0.29) is 29.4 Å². The summed E-state index contributed by atoms with van der Waals surface area (Å²) < 4.78 is 5.86. The molecule has 3 unspecified atom stereocenters. The smallest absolute Gasteiger partial charge is 0.191 e. The molecule has 2 N–H and O–H groups in total. The molecule has 1 heterocycles. The molecule has 2 fully saturated rings. The molecular formula is C17H35IN4O. The Morgan fingerprint density at radius 2 is 2.04 bits per heavy atom. The van der Waals surface area contributed by atoms with E-state index < -0.39 is 0 Å². The van der Waals surface area contributed by atoms with Crippen LogP contribution < -0.4 is 10.6 Å². The molecule has 0 aromatic carbocycles. The molecule has 5 nitrogen and oxygen atoms in total. The van der Waals surface area contributed by atoms with E-state index in [1.165, 1.54) is 19.4 Å². The van der Waals surface area contributed by atoms with E-state index in [2.05, 4.69) is 48.2 Å². The number of nitrogens with zero attached hydrogens (tertiary/aromatic N) is 2. The molecule has 3 atom stereocenters. The zero-order chi connectivity index (χ0) is 16.2. The van der Waals surface area contributed by atoms with Gasteiger partial charge in [-0.1, -0.05) is 27.7 Å². The van der Waals surface area contributed by atoms with Gasteiger partial charge in [-0.05, 0) is 25.9 Å². The molecule has 0 aromatic heterocycles. The van der Waals surface area contributed by atoms with Crippen molar-refractivity contribution in [3.05, 3.63) is 0 Å². The summed E-state index contributed by atoms with van der Waals surface area (Å²) in [4.78, 5) is 6.86. The first-order valence-corrected chi connectivity index (χ1v) is 8.85. The number of rotatable bonds is 7. The van der Waals surface area contributed by atoms with Gasteiger partial charge >= 0.3 is 0 Å². The molecule has 0 radical (unpaired) electrons. The second kappa shape index (κ2) is 9.42. The van der Waals surface area contributed by atoms with Crippen molar-refractivity contribution in [1.29, 1.82) is 0 Å². The fourth-order valence-corrected chi connectivity index (χ4v) is 4.04. The molecule has 2 aliphatic rings. The summed E-state index contributed by atoms with van der Waals surface area (Å²) in [6.45, 7) is 14.2. The Balaban J connectivity index is 0.00000264. The third-order valence-corrected chi connectivity index (χ3v) is 5.32. The lowest BCUT2D eigenvalue weighted by Crippen LogP contribution is -2.68. The second-order valence-corrected chi connectivity index (χ2v) is 7.12. The minimum absolute atomic E-state index is 0. The lowest BCUT2D eigenvalue weighted by Gasteiger charge is -2.54. The van der Waals surface area contributed by atoms with Gasteiger partial charge in [-0.3, -0.25) is 4.99 Å². The molecule has 1 saturated heterocycles. The second-order valence-electron chi connectivity index (χ2n) is 7.12. The van der Waals surface area contributed by atoms with Crippen molar-refractivity contribution < 1.29 is 4.74 Å². The Morgan fingerprint density at radius 3 is 2.65 bits per heavy atom. The molecule has 0 bridgehead atoms. The van der Waals surface area contributed by atoms with Gasteiger partial charge in [0.2, 0.25) is 0 Å². The number of ether oxygens (including phenoxy) is 1. The minimum atomic E-state index is 0. The van der Waals surface area contributed by atoms with E-state index in [1.807, 2.05) is 7.05 Å². The standard InChI is InChI=1S/C17H34N4O.HI/c1-6-10-21(7-2)11-9-19-16(18-5)20-14-13-8-12-22-15(13)17(14,3)4;/h13-15H,6-12H2,1-5H3,(H2,18,19,20);1H. The monoisotopic (exact) mass is 438 g/mol. The Labute approximate surface area is 159 Å². The van der Waals surface area contributed by atoms with Gasteiger partial charge in [-0.2, -0.15) is 0 Å². The number of aliphatic imine (C=N–C) groups is 1. The maximum Gasteiger partial charge on any atom is 0.191 e. The van der Waals surface area contributed by atoms with Gasteiger partial charge in [-0.15, -0.1) is 24.0 Å². The first-order valence-electron chi connectivity index (χ1n) is 8.85. The Bertz CT molecular complexity index is 389. The molecule has 136 valence electrons. The molecule has 0 aromatic rings. The maximum atomic E-state index is 5.86. The normalized spacial score (nSPS) is 28.8. The average molecular weight is 438 g/mol. The first-order chi connectivity index (χ1) is 10.5. The van der Waals surface area contributed by atoms with Gasteiger partial charge in [0, 0.05) is 44.1 Å². The van der Waals surface area contributed by atoms with Crippen LogP contribution in [0.2, 0.25) is 0 Å². The summed E-state index contributed by atoms with van der Waals surface area (Å²) in [6.07, 6.45) is 2.80. The van der Waals surface area contributed by atoms with E-state index in [9.17, 15) is 0 Å². The van der Waals surface area contributed by atoms with Crippen LogP contribution in [-0.4, -0.2) is 62.8 Å². The first kappa shape index (κ1) is 21.0. The van der Waals surface area contributed by atoms with Gasteiger partial charge in [0.25, 0.3) is 0 Å². The van der Waals surface area contributed by atoms with E-state index in [1.54, 1.807) is 0 Å². The number of halogens is 1. The van der Waals surface area contributed by atoms with Crippen molar-refractivity contribution in [1.82, 2.24) is 15.5 Å². The molecular weight excluding hydrogens is 403 g/mol. The molecule has 23 heavy (non-hydrogen) atoms. The van der Waals surface area contributed by atoms with Crippen LogP contribution in [0.15, 0.2) is 4.99 Å². The van der Waals surface area contributed by atoms with Crippen LogP contribution >= 0.6 is 24.0 Å². The minimum Gasteiger partial charge on any atom is -0.377 e. The third kappa shape index (κ3) is 4.72. The fourth-order valence-electron chi connectivity index (χ4n) is 4.04. The van der Waals surface area contributed by atoms with Gasteiger partial charge in [0.05, 0.1) is 6.10 Å². The summed E-state index contributed by atoms with van der Waals surface area (Å²) in [6, 6.07) is 0.462. The summed E-state index contributed by atoms with van der Waals surface area (Å²) in [5.41, 5.74) is 0.191. The molecule has 1 aliphatic heterocycles. The highest BCUT2D eigenvalue weighted by Gasteiger charge is 2.59. The van der Waals surface area contributed by atoms with E-state index >= 15 is 0 Å². The van der Waals surface area contributed by atoms with Crippen molar-refractivity contribution in [3.63, 3.8) is 0 Å². The van der Waals surface area contributed by atoms with Crippen LogP contribution in [0.1, 0.15) is 40.5 Å². The number of guanidine groups is 1. The number of fused-ring (bicyclic) bond motifs is 1. The number of hydrogen-bond acceptors (Lipinski definition) is 3. The van der Waals surface area contributed by atoms with Crippen LogP contribution in [0, 0.1) is 11.3 Å².